The fourth-order valence-corrected chi connectivity index (χ4v) is 2.99. The molecule has 0 radical (unpaired) electrons. The maximum absolute atomic E-state index is 4.54. The minimum absolute atomic E-state index is 0.310. The van der Waals surface area contributed by atoms with E-state index in [1.807, 2.05) is 24.7 Å². The van der Waals surface area contributed by atoms with E-state index in [0.29, 0.717) is 6.04 Å². The molecule has 0 amide bonds. The van der Waals surface area contributed by atoms with Crippen molar-refractivity contribution in [1.29, 1.82) is 0 Å². The number of anilines is 1. The molecule has 0 spiro atoms. The van der Waals surface area contributed by atoms with E-state index in [1.54, 1.807) is 0 Å². The average Bonchev–Trinajstić information content (AvgIpc) is 2.91. The van der Waals surface area contributed by atoms with Crippen LogP contribution >= 0.6 is 0 Å². The second kappa shape index (κ2) is 4.60. The van der Waals surface area contributed by atoms with Gasteiger partial charge in [0.05, 0.1) is 11.7 Å². The molecular weight excluding hydrogens is 246 g/mol. The molecule has 1 aliphatic carbocycles. The summed E-state index contributed by atoms with van der Waals surface area (Å²) in [6.07, 6.45) is 7.84. The molecule has 4 rings (SSSR count). The summed E-state index contributed by atoms with van der Waals surface area (Å²) in [4.78, 5) is 8.72. The van der Waals surface area contributed by atoms with Crippen molar-refractivity contribution in [1.82, 2.24) is 9.97 Å². The van der Waals surface area contributed by atoms with Gasteiger partial charge in [0.25, 0.3) is 0 Å². The van der Waals surface area contributed by atoms with Gasteiger partial charge in [0.2, 0.25) is 0 Å². The summed E-state index contributed by atoms with van der Waals surface area (Å²) in [5, 5.41) is 6.03. The Bertz CT molecular complexity index is 762. The smallest absolute Gasteiger partial charge is 0.0691 e. The molecule has 3 aromatic rings. The molecule has 3 heteroatoms. The molecule has 2 heterocycles. The molecule has 1 unspecified atom stereocenters. The molecule has 1 aromatic carbocycles. The molecule has 20 heavy (non-hydrogen) atoms. The molecule has 0 saturated heterocycles. The minimum Gasteiger partial charge on any atom is -0.376 e. The number of rotatable bonds is 2. The van der Waals surface area contributed by atoms with Crippen LogP contribution < -0.4 is 5.32 Å². The van der Waals surface area contributed by atoms with Crippen LogP contribution in [0.3, 0.4) is 0 Å². The molecule has 2 aromatic heterocycles. The molecule has 1 atom stereocenters. The van der Waals surface area contributed by atoms with Crippen molar-refractivity contribution in [3.63, 3.8) is 0 Å². The average molecular weight is 261 g/mol. The third-order valence-electron chi connectivity index (χ3n) is 3.97. The van der Waals surface area contributed by atoms with Crippen molar-refractivity contribution in [2.45, 2.75) is 18.9 Å². The van der Waals surface area contributed by atoms with Crippen LogP contribution in [0.25, 0.3) is 10.8 Å². The van der Waals surface area contributed by atoms with Crippen LogP contribution in [0.4, 0.5) is 5.69 Å². The van der Waals surface area contributed by atoms with Crippen molar-refractivity contribution < 1.29 is 0 Å². The summed E-state index contributed by atoms with van der Waals surface area (Å²) < 4.78 is 0. The lowest BCUT2D eigenvalue weighted by molar-refractivity contribution is 0.747. The molecule has 1 N–H and O–H groups in total. The van der Waals surface area contributed by atoms with Gasteiger partial charge in [-0.05, 0) is 36.6 Å². The second-order valence-electron chi connectivity index (χ2n) is 5.19. The Morgan fingerprint density at radius 1 is 1.05 bits per heavy atom. The molecule has 0 aliphatic heterocycles. The fourth-order valence-electron chi connectivity index (χ4n) is 2.99. The molecule has 0 fully saturated rings. The zero-order chi connectivity index (χ0) is 13.4. The first-order chi connectivity index (χ1) is 9.92. The van der Waals surface area contributed by atoms with Gasteiger partial charge in [-0.3, -0.25) is 9.97 Å². The van der Waals surface area contributed by atoms with Gasteiger partial charge in [0, 0.05) is 35.1 Å². The number of benzene rings is 1. The SMILES string of the molecule is c1cnc2c(c1)CCC2Nc1cccc2cnccc12. The van der Waals surface area contributed by atoms with E-state index in [1.165, 1.54) is 16.6 Å². The maximum atomic E-state index is 4.54. The van der Waals surface area contributed by atoms with Gasteiger partial charge in [-0.1, -0.05) is 18.2 Å². The second-order valence-corrected chi connectivity index (χ2v) is 5.19. The normalized spacial score (nSPS) is 17.1. The summed E-state index contributed by atoms with van der Waals surface area (Å²) in [5.74, 6) is 0. The van der Waals surface area contributed by atoms with Crippen molar-refractivity contribution >= 4 is 16.5 Å². The number of aromatic nitrogens is 2. The number of nitrogens with one attached hydrogen (secondary N) is 1. The first-order valence-electron chi connectivity index (χ1n) is 6.95. The van der Waals surface area contributed by atoms with Crippen LogP contribution in [0.15, 0.2) is 55.0 Å². The largest absolute Gasteiger partial charge is 0.376 e. The molecule has 98 valence electrons. The lowest BCUT2D eigenvalue weighted by Gasteiger charge is -2.16. The zero-order valence-corrected chi connectivity index (χ0v) is 11.1. The highest BCUT2D eigenvalue weighted by atomic mass is 15.0. The van der Waals surface area contributed by atoms with Crippen molar-refractivity contribution in [3.8, 4) is 0 Å². The third-order valence-corrected chi connectivity index (χ3v) is 3.97. The highest BCUT2D eigenvalue weighted by Crippen LogP contribution is 2.34. The number of hydrogen-bond acceptors (Lipinski definition) is 3. The van der Waals surface area contributed by atoms with Gasteiger partial charge in [-0.2, -0.15) is 0 Å². The third kappa shape index (κ3) is 1.83. The summed E-state index contributed by atoms with van der Waals surface area (Å²) in [6.45, 7) is 0. The molecule has 0 saturated carbocycles. The Labute approximate surface area is 117 Å². The predicted octanol–water partition coefficient (Wildman–Crippen LogP) is 3.73. The molecule has 3 nitrogen and oxygen atoms in total. The van der Waals surface area contributed by atoms with Crippen molar-refractivity contribution in [3.05, 3.63) is 66.2 Å². The minimum atomic E-state index is 0.310. The Balaban J connectivity index is 1.73. The quantitative estimate of drug-likeness (QED) is 0.763. The molecular formula is C17H15N3. The van der Waals surface area contributed by atoms with E-state index < -0.39 is 0 Å². The van der Waals surface area contributed by atoms with E-state index in [-0.39, 0.29) is 0 Å². The summed E-state index contributed by atoms with van der Waals surface area (Å²) in [7, 11) is 0. The monoisotopic (exact) mass is 261 g/mol. The number of hydrogen-bond donors (Lipinski definition) is 1. The lowest BCUT2D eigenvalue weighted by Crippen LogP contribution is -2.08. The van der Waals surface area contributed by atoms with E-state index in [9.17, 15) is 0 Å². The van der Waals surface area contributed by atoms with Crippen LogP contribution in [0.1, 0.15) is 23.7 Å². The fraction of sp³-hybridized carbons (Fsp3) is 0.176. The Morgan fingerprint density at radius 2 is 2.05 bits per heavy atom. The van der Waals surface area contributed by atoms with Gasteiger partial charge in [-0.25, -0.2) is 0 Å². The van der Waals surface area contributed by atoms with Gasteiger partial charge in [0.1, 0.15) is 0 Å². The molecule has 0 bridgehead atoms. The summed E-state index contributed by atoms with van der Waals surface area (Å²) >= 11 is 0. The first-order valence-corrected chi connectivity index (χ1v) is 6.95. The van der Waals surface area contributed by atoms with Crippen LogP contribution in [-0.2, 0) is 6.42 Å². The lowest BCUT2D eigenvalue weighted by atomic mass is 10.1. The Hall–Kier alpha value is -2.42. The Morgan fingerprint density at radius 3 is 3.05 bits per heavy atom. The number of pyridine rings is 2. The number of aryl methyl sites for hydroxylation is 1. The van der Waals surface area contributed by atoms with Gasteiger partial charge in [-0.15, -0.1) is 0 Å². The summed E-state index contributed by atoms with van der Waals surface area (Å²) in [6, 6.07) is 12.9. The van der Waals surface area contributed by atoms with E-state index in [4.69, 9.17) is 0 Å². The highest BCUT2D eigenvalue weighted by Gasteiger charge is 2.23. The zero-order valence-electron chi connectivity index (χ0n) is 11.1. The first kappa shape index (κ1) is 11.4. The van der Waals surface area contributed by atoms with Gasteiger partial charge in [0.15, 0.2) is 0 Å². The van der Waals surface area contributed by atoms with Crippen LogP contribution in [0, 0.1) is 0 Å². The highest BCUT2D eigenvalue weighted by molar-refractivity contribution is 5.93. The van der Waals surface area contributed by atoms with Gasteiger partial charge >= 0.3 is 0 Å². The number of nitrogens with zero attached hydrogens (tertiary/aromatic N) is 2. The van der Waals surface area contributed by atoms with E-state index >= 15 is 0 Å². The van der Waals surface area contributed by atoms with Crippen molar-refractivity contribution in [2.75, 3.05) is 5.32 Å². The Kier molecular flexibility index (Phi) is 2.62. The van der Waals surface area contributed by atoms with Gasteiger partial charge < -0.3 is 5.32 Å². The summed E-state index contributed by atoms with van der Waals surface area (Å²) in [5.41, 5.74) is 3.72. The van der Waals surface area contributed by atoms with Crippen LogP contribution in [0.2, 0.25) is 0 Å². The standard InChI is InChI=1S/C17H15N3/c1-3-13-11-18-10-8-14(13)15(5-1)20-16-7-6-12-4-2-9-19-17(12)16/h1-5,8-11,16,20H,6-7H2. The molecule has 1 aliphatic rings. The predicted molar refractivity (Wildman–Crippen MR) is 80.7 cm³/mol. The van der Waals surface area contributed by atoms with Crippen LogP contribution in [-0.4, -0.2) is 9.97 Å². The number of fused-ring (bicyclic) bond motifs is 2. The van der Waals surface area contributed by atoms with E-state index in [0.717, 1.165) is 23.9 Å². The van der Waals surface area contributed by atoms with Crippen molar-refractivity contribution in [2.24, 2.45) is 0 Å². The van der Waals surface area contributed by atoms with Crippen LogP contribution in [0.5, 0.6) is 0 Å². The topological polar surface area (TPSA) is 37.8 Å². The maximum Gasteiger partial charge on any atom is 0.0691 e. The van der Waals surface area contributed by atoms with E-state index in [2.05, 4.69) is 45.6 Å².